The van der Waals surface area contributed by atoms with E-state index in [1.54, 1.807) is 0 Å². The molecule has 0 radical (unpaired) electrons. The summed E-state index contributed by atoms with van der Waals surface area (Å²) >= 11 is 0. The number of nitrogens with zero attached hydrogens (tertiary/aromatic N) is 2. The van der Waals surface area contributed by atoms with Gasteiger partial charge in [0, 0.05) is 37.3 Å². The van der Waals surface area contributed by atoms with Gasteiger partial charge in [-0.05, 0) is 68.9 Å². The number of likely N-dealkylation sites (tertiary alicyclic amines) is 2. The molecular formula is C28H41N3O2. The van der Waals surface area contributed by atoms with Gasteiger partial charge in [-0.25, -0.2) is 0 Å². The molecule has 3 atom stereocenters. The Labute approximate surface area is 199 Å². The third kappa shape index (κ3) is 5.29. The molecule has 180 valence electrons. The molecule has 0 bridgehead atoms. The van der Waals surface area contributed by atoms with E-state index < -0.39 is 0 Å². The fourth-order valence-electron chi connectivity index (χ4n) is 7.01. The molecular weight excluding hydrogens is 410 g/mol. The van der Waals surface area contributed by atoms with Crippen molar-refractivity contribution in [2.75, 3.05) is 19.6 Å². The minimum Gasteiger partial charge on any atom is -0.351 e. The van der Waals surface area contributed by atoms with Crippen molar-refractivity contribution in [3.05, 3.63) is 35.9 Å². The minimum atomic E-state index is -0.314. The fourth-order valence-corrected chi connectivity index (χ4v) is 7.01. The molecule has 2 saturated carbocycles. The molecule has 33 heavy (non-hydrogen) atoms. The van der Waals surface area contributed by atoms with Crippen LogP contribution >= 0.6 is 0 Å². The van der Waals surface area contributed by atoms with Gasteiger partial charge in [0.15, 0.2) is 0 Å². The molecule has 2 saturated heterocycles. The number of hydrogen-bond donors (Lipinski definition) is 1. The smallest absolute Gasteiger partial charge is 0.254 e. The number of carbonyl (C=O) groups excluding carboxylic acids is 2. The first-order valence-corrected chi connectivity index (χ1v) is 13.6. The van der Waals surface area contributed by atoms with Crippen LogP contribution in [0.5, 0.6) is 0 Å². The van der Waals surface area contributed by atoms with Crippen LogP contribution < -0.4 is 5.32 Å². The van der Waals surface area contributed by atoms with Gasteiger partial charge in [-0.3, -0.25) is 9.59 Å². The van der Waals surface area contributed by atoms with Crippen LogP contribution in [0.25, 0.3) is 0 Å². The number of nitrogens with one attached hydrogen (secondary N) is 1. The molecule has 2 heterocycles. The lowest BCUT2D eigenvalue weighted by molar-refractivity contribution is -0.126. The van der Waals surface area contributed by atoms with Crippen molar-refractivity contribution >= 4 is 11.8 Å². The molecule has 1 aromatic carbocycles. The predicted octanol–water partition coefficient (Wildman–Crippen LogP) is 4.62. The maximum Gasteiger partial charge on any atom is 0.254 e. The lowest BCUT2D eigenvalue weighted by Gasteiger charge is -2.37. The fraction of sp³-hybridized carbons (Fsp3) is 0.714. The SMILES string of the molecule is O=C(NC1CCN(CC2CCCCC2)CC1)C1CC2CCCCC2N1C(=O)c1ccccc1. The molecule has 0 spiro atoms. The Balaban J connectivity index is 1.19. The first kappa shape index (κ1) is 22.9. The standard InChI is InChI=1S/C28H41N3O2/c32-27(29-24-15-17-30(18-16-24)20-21-9-3-1-4-10-21)26-19-23-13-7-8-14-25(23)31(26)28(33)22-11-5-2-6-12-22/h2,5-6,11-12,21,23-26H,1,3-4,7-10,13-20H2,(H,29,32). The normalized spacial score (nSPS) is 29.6. The van der Waals surface area contributed by atoms with Crippen molar-refractivity contribution < 1.29 is 9.59 Å². The van der Waals surface area contributed by atoms with Gasteiger partial charge in [-0.1, -0.05) is 50.3 Å². The predicted molar refractivity (Wildman–Crippen MR) is 131 cm³/mol. The Morgan fingerprint density at radius 3 is 2.30 bits per heavy atom. The van der Waals surface area contributed by atoms with E-state index in [-0.39, 0.29) is 29.9 Å². The Morgan fingerprint density at radius 2 is 1.55 bits per heavy atom. The van der Waals surface area contributed by atoms with E-state index in [4.69, 9.17) is 0 Å². The monoisotopic (exact) mass is 451 g/mol. The molecule has 5 rings (SSSR count). The summed E-state index contributed by atoms with van der Waals surface area (Å²) in [6, 6.07) is 9.69. The molecule has 4 aliphatic rings. The van der Waals surface area contributed by atoms with E-state index in [1.165, 1.54) is 45.1 Å². The van der Waals surface area contributed by atoms with Gasteiger partial charge >= 0.3 is 0 Å². The Bertz CT molecular complexity index is 799. The van der Waals surface area contributed by atoms with Crippen LogP contribution in [-0.2, 0) is 4.79 Å². The Morgan fingerprint density at radius 1 is 0.848 bits per heavy atom. The molecule has 1 aromatic rings. The molecule has 3 unspecified atom stereocenters. The average Bonchev–Trinajstić information content (AvgIpc) is 3.26. The summed E-state index contributed by atoms with van der Waals surface area (Å²) < 4.78 is 0. The Hall–Kier alpha value is -1.88. The molecule has 4 fully saturated rings. The van der Waals surface area contributed by atoms with Crippen molar-refractivity contribution in [2.24, 2.45) is 11.8 Å². The zero-order valence-corrected chi connectivity index (χ0v) is 20.1. The molecule has 5 heteroatoms. The molecule has 0 aromatic heterocycles. The summed E-state index contributed by atoms with van der Waals surface area (Å²) in [4.78, 5) is 31.5. The third-order valence-electron chi connectivity index (χ3n) is 8.82. The van der Waals surface area contributed by atoms with Gasteiger partial charge in [0.05, 0.1) is 0 Å². The van der Waals surface area contributed by atoms with E-state index in [0.29, 0.717) is 11.5 Å². The number of piperidine rings is 1. The molecule has 2 amide bonds. The van der Waals surface area contributed by atoms with Crippen molar-refractivity contribution in [2.45, 2.75) is 95.2 Å². The second-order valence-corrected chi connectivity index (χ2v) is 11.0. The van der Waals surface area contributed by atoms with Crippen LogP contribution in [0.1, 0.15) is 87.4 Å². The van der Waals surface area contributed by atoms with Crippen LogP contribution in [-0.4, -0.2) is 59.4 Å². The zero-order valence-electron chi connectivity index (χ0n) is 20.1. The summed E-state index contributed by atoms with van der Waals surface area (Å²) in [5.41, 5.74) is 0.706. The minimum absolute atomic E-state index is 0.0347. The van der Waals surface area contributed by atoms with E-state index in [1.807, 2.05) is 35.2 Å². The second kappa shape index (κ2) is 10.6. The largest absolute Gasteiger partial charge is 0.351 e. The number of carbonyl (C=O) groups is 2. The van der Waals surface area contributed by atoms with E-state index in [0.717, 1.165) is 57.5 Å². The highest BCUT2D eigenvalue weighted by Crippen LogP contribution is 2.40. The van der Waals surface area contributed by atoms with Gasteiger partial charge in [0.2, 0.25) is 5.91 Å². The van der Waals surface area contributed by atoms with Crippen molar-refractivity contribution in [1.82, 2.24) is 15.1 Å². The quantitative estimate of drug-likeness (QED) is 0.711. The van der Waals surface area contributed by atoms with Gasteiger partial charge < -0.3 is 15.1 Å². The summed E-state index contributed by atoms with van der Waals surface area (Å²) in [6.07, 6.45) is 14.5. The zero-order chi connectivity index (χ0) is 22.6. The first-order chi connectivity index (χ1) is 16.2. The van der Waals surface area contributed by atoms with Crippen LogP contribution in [0.3, 0.4) is 0 Å². The van der Waals surface area contributed by atoms with Gasteiger partial charge in [-0.15, -0.1) is 0 Å². The first-order valence-electron chi connectivity index (χ1n) is 13.6. The number of hydrogen-bond acceptors (Lipinski definition) is 3. The van der Waals surface area contributed by atoms with Crippen molar-refractivity contribution in [3.63, 3.8) is 0 Å². The lowest BCUT2D eigenvalue weighted by atomic mass is 9.84. The van der Waals surface area contributed by atoms with Gasteiger partial charge in [-0.2, -0.15) is 0 Å². The highest BCUT2D eigenvalue weighted by molar-refractivity contribution is 5.98. The molecule has 2 aliphatic heterocycles. The van der Waals surface area contributed by atoms with Crippen LogP contribution in [0.15, 0.2) is 30.3 Å². The molecule has 5 nitrogen and oxygen atoms in total. The molecule has 2 aliphatic carbocycles. The number of fused-ring (bicyclic) bond motifs is 1. The van der Waals surface area contributed by atoms with E-state index in [2.05, 4.69) is 10.2 Å². The van der Waals surface area contributed by atoms with Crippen molar-refractivity contribution in [1.29, 1.82) is 0 Å². The lowest BCUT2D eigenvalue weighted by Crippen LogP contribution is -2.53. The molecule has 1 N–H and O–H groups in total. The van der Waals surface area contributed by atoms with Gasteiger partial charge in [0.1, 0.15) is 6.04 Å². The van der Waals surface area contributed by atoms with E-state index >= 15 is 0 Å². The second-order valence-electron chi connectivity index (χ2n) is 11.0. The number of amides is 2. The van der Waals surface area contributed by atoms with Crippen LogP contribution in [0, 0.1) is 11.8 Å². The number of benzene rings is 1. The maximum atomic E-state index is 13.5. The highest BCUT2D eigenvalue weighted by Gasteiger charge is 2.47. The van der Waals surface area contributed by atoms with E-state index in [9.17, 15) is 9.59 Å². The maximum absolute atomic E-state index is 13.5. The van der Waals surface area contributed by atoms with Crippen LogP contribution in [0.2, 0.25) is 0 Å². The average molecular weight is 452 g/mol. The van der Waals surface area contributed by atoms with Crippen molar-refractivity contribution in [3.8, 4) is 0 Å². The summed E-state index contributed by atoms with van der Waals surface area (Å²) in [7, 11) is 0. The third-order valence-corrected chi connectivity index (χ3v) is 8.82. The topological polar surface area (TPSA) is 52.7 Å². The number of rotatable bonds is 5. The Kier molecular flexibility index (Phi) is 7.34. The summed E-state index contributed by atoms with van der Waals surface area (Å²) in [6.45, 7) is 3.42. The highest BCUT2D eigenvalue weighted by atomic mass is 16.2. The van der Waals surface area contributed by atoms with Gasteiger partial charge in [0.25, 0.3) is 5.91 Å². The van der Waals surface area contributed by atoms with Crippen LogP contribution in [0.4, 0.5) is 0 Å². The summed E-state index contributed by atoms with van der Waals surface area (Å²) in [5, 5.41) is 3.37. The summed E-state index contributed by atoms with van der Waals surface area (Å²) in [5.74, 6) is 1.47.